The van der Waals surface area contributed by atoms with E-state index >= 15 is 0 Å². The molecule has 0 unspecified atom stereocenters. The fraction of sp³-hybridized carbons (Fsp3) is 0.684. The fourth-order valence-corrected chi connectivity index (χ4v) is 3.80. The molecule has 14 heteroatoms. The monoisotopic (exact) mass is 490 g/mol. The summed E-state index contributed by atoms with van der Waals surface area (Å²) in [7, 11) is 0. The zero-order valence-electron chi connectivity index (χ0n) is 18.2. The van der Waals surface area contributed by atoms with Crippen molar-refractivity contribution < 1.29 is 44.1 Å². The average Bonchev–Trinajstić information content (AvgIpc) is 3.23. The minimum Gasteiger partial charge on any atom is -0.481 e. The summed E-state index contributed by atoms with van der Waals surface area (Å²) in [6.45, 7) is 0.122. The molecule has 0 aromatic carbocycles. The van der Waals surface area contributed by atoms with Gasteiger partial charge < -0.3 is 36.6 Å². The van der Waals surface area contributed by atoms with Gasteiger partial charge in [-0.05, 0) is 37.7 Å². The van der Waals surface area contributed by atoms with Crippen molar-refractivity contribution in [2.45, 2.75) is 62.7 Å². The molecule has 1 aliphatic rings. The Bertz CT molecular complexity index is 764. The molecule has 7 N–H and O–H groups in total. The summed E-state index contributed by atoms with van der Waals surface area (Å²) in [5, 5.41) is 31.8. The molecule has 186 valence electrons. The summed E-state index contributed by atoms with van der Waals surface area (Å²) in [5.41, 5.74) is 5.63. The van der Waals surface area contributed by atoms with Crippen LogP contribution in [0, 0.1) is 0 Å². The molecule has 0 saturated carbocycles. The first-order chi connectivity index (χ1) is 15.5. The van der Waals surface area contributed by atoms with E-state index in [2.05, 4.69) is 10.6 Å². The standard InChI is InChI=1S/C19H30N4O9S/c1-33-8-6-11(19(31)32)21-17(29)13-3-2-7-23(13)18(30)12(9-15(26)27)22-16(28)10(20)4-5-14(24)25/h10-13H,2-9,20H2,1H3,(H,21,29)(H,22,28)(H,24,25)(H,26,27)(H,31,32)/t10-,11-,12-,13-/m0/s1. The predicted molar refractivity (Wildman–Crippen MR) is 116 cm³/mol. The molecule has 13 nitrogen and oxygen atoms in total. The van der Waals surface area contributed by atoms with Crippen LogP contribution in [0.25, 0.3) is 0 Å². The Kier molecular flexibility index (Phi) is 11.6. The molecule has 4 atom stereocenters. The number of thioether (sulfide) groups is 1. The van der Waals surface area contributed by atoms with Gasteiger partial charge in [0.2, 0.25) is 17.7 Å². The van der Waals surface area contributed by atoms with Crippen LogP contribution >= 0.6 is 11.8 Å². The smallest absolute Gasteiger partial charge is 0.326 e. The molecular weight excluding hydrogens is 460 g/mol. The predicted octanol–water partition coefficient (Wildman–Crippen LogP) is -1.55. The van der Waals surface area contributed by atoms with Crippen LogP contribution in [0.15, 0.2) is 0 Å². The highest BCUT2D eigenvalue weighted by Crippen LogP contribution is 2.20. The Balaban J connectivity index is 2.91. The van der Waals surface area contributed by atoms with Gasteiger partial charge in [0.05, 0.1) is 12.5 Å². The number of likely N-dealkylation sites (tertiary alicyclic amines) is 1. The Labute approximate surface area is 194 Å². The van der Waals surface area contributed by atoms with Crippen LogP contribution in [0.2, 0.25) is 0 Å². The highest BCUT2D eigenvalue weighted by molar-refractivity contribution is 7.98. The highest BCUT2D eigenvalue weighted by atomic mass is 32.2. The lowest BCUT2D eigenvalue weighted by molar-refractivity contribution is -0.147. The highest BCUT2D eigenvalue weighted by Gasteiger charge is 2.39. The van der Waals surface area contributed by atoms with Crippen molar-refractivity contribution in [2.75, 3.05) is 18.6 Å². The molecule has 0 aliphatic carbocycles. The van der Waals surface area contributed by atoms with Gasteiger partial charge in [0.15, 0.2) is 0 Å². The average molecular weight is 491 g/mol. The number of carboxylic acid groups (broad SMARTS) is 3. The summed E-state index contributed by atoms with van der Waals surface area (Å²) in [6, 6.07) is -4.94. The maximum atomic E-state index is 13.0. The Morgan fingerprint density at radius 2 is 1.70 bits per heavy atom. The molecule has 1 heterocycles. The summed E-state index contributed by atoms with van der Waals surface area (Å²) in [6.07, 6.45) is 1.29. The molecule has 33 heavy (non-hydrogen) atoms. The number of carbonyl (C=O) groups is 6. The molecule has 0 radical (unpaired) electrons. The van der Waals surface area contributed by atoms with Crippen molar-refractivity contribution in [3.05, 3.63) is 0 Å². The molecule has 0 spiro atoms. The number of hydrogen-bond donors (Lipinski definition) is 6. The zero-order chi connectivity index (χ0) is 25.1. The lowest BCUT2D eigenvalue weighted by Crippen LogP contribution is -2.57. The Hall–Kier alpha value is -2.87. The molecule has 1 fully saturated rings. The van der Waals surface area contributed by atoms with Crippen molar-refractivity contribution >= 4 is 47.4 Å². The fourth-order valence-electron chi connectivity index (χ4n) is 3.33. The van der Waals surface area contributed by atoms with Crippen molar-refractivity contribution in [2.24, 2.45) is 5.73 Å². The summed E-state index contributed by atoms with van der Waals surface area (Å²) in [5.74, 6) is -5.63. The zero-order valence-corrected chi connectivity index (χ0v) is 19.0. The lowest BCUT2D eigenvalue weighted by Gasteiger charge is -2.29. The number of hydrogen-bond acceptors (Lipinski definition) is 8. The quantitative estimate of drug-likeness (QED) is 0.164. The second-order valence-electron chi connectivity index (χ2n) is 7.57. The van der Waals surface area contributed by atoms with Crippen LogP contribution in [0.1, 0.15) is 38.5 Å². The van der Waals surface area contributed by atoms with E-state index in [1.165, 1.54) is 11.8 Å². The van der Waals surface area contributed by atoms with Gasteiger partial charge in [-0.1, -0.05) is 0 Å². The van der Waals surface area contributed by atoms with Crippen LogP contribution in [0.5, 0.6) is 0 Å². The van der Waals surface area contributed by atoms with Crippen molar-refractivity contribution in [3.63, 3.8) is 0 Å². The van der Waals surface area contributed by atoms with E-state index in [9.17, 15) is 33.9 Å². The molecule has 0 bridgehead atoms. The molecular formula is C19H30N4O9S. The maximum absolute atomic E-state index is 13.0. The minimum atomic E-state index is -1.52. The second kappa shape index (κ2) is 13.6. The summed E-state index contributed by atoms with van der Waals surface area (Å²) in [4.78, 5) is 72.4. The minimum absolute atomic E-state index is 0.122. The van der Waals surface area contributed by atoms with E-state index in [0.29, 0.717) is 12.2 Å². The number of aliphatic carboxylic acids is 3. The van der Waals surface area contributed by atoms with Gasteiger partial charge in [-0.25, -0.2) is 4.79 Å². The van der Waals surface area contributed by atoms with Crippen LogP contribution < -0.4 is 16.4 Å². The summed E-state index contributed by atoms with van der Waals surface area (Å²) < 4.78 is 0. The van der Waals surface area contributed by atoms with E-state index in [1.807, 2.05) is 0 Å². The number of nitrogens with one attached hydrogen (secondary N) is 2. The molecule has 3 amide bonds. The van der Waals surface area contributed by atoms with Gasteiger partial charge >= 0.3 is 17.9 Å². The number of carboxylic acids is 3. The summed E-state index contributed by atoms with van der Waals surface area (Å²) >= 11 is 1.42. The van der Waals surface area contributed by atoms with E-state index < -0.39 is 66.2 Å². The van der Waals surface area contributed by atoms with E-state index in [0.717, 1.165) is 4.90 Å². The third-order valence-electron chi connectivity index (χ3n) is 5.06. The topological polar surface area (TPSA) is 216 Å². The molecule has 0 aromatic heterocycles. The lowest BCUT2D eigenvalue weighted by atomic mass is 10.1. The normalized spacial score (nSPS) is 18.1. The van der Waals surface area contributed by atoms with Crippen LogP contribution in [0.3, 0.4) is 0 Å². The van der Waals surface area contributed by atoms with Crippen LogP contribution in [-0.2, 0) is 28.8 Å². The van der Waals surface area contributed by atoms with Gasteiger partial charge in [0.1, 0.15) is 18.1 Å². The first-order valence-electron chi connectivity index (χ1n) is 10.3. The van der Waals surface area contributed by atoms with Crippen LogP contribution in [0.4, 0.5) is 0 Å². The first-order valence-corrected chi connectivity index (χ1v) is 11.7. The van der Waals surface area contributed by atoms with Crippen molar-refractivity contribution in [3.8, 4) is 0 Å². The second-order valence-corrected chi connectivity index (χ2v) is 8.55. The van der Waals surface area contributed by atoms with Gasteiger partial charge in [-0.2, -0.15) is 11.8 Å². The van der Waals surface area contributed by atoms with Crippen molar-refractivity contribution in [1.82, 2.24) is 15.5 Å². The number of carbonyl (C=O) groups excluding carboxylic acids is 3. The van der Waals surface area contributed by atoms with Crippen LogP contribution in [-0.4, -0.2) is 98.6 Å². The van der Waals surface area contributed by atoms with Gasteiger partial charge in [-0.15, -0.1) is 0 Å². The maximum Gasteiger partial charge on any atom is 0.326 e. The number of amides is 3. The SMILES string of the molecule is CSCC[C@H](NC(=O)[C@@H]1CCCN1C(=O)[C@H](CC(=O)O)NC(=O)[C@@H](N)CCC(=O)O)C(=O)O. The molecule has 0 aromatic rings. The van der Waals surface area contributed by atoms with Gasteiger partial charge in [0.25, 0.3) is 0 Å². The first kappa shape index (κ1) is 28.2. The van der Waals surface area contributed by atoms with E-state index in [1.54, 1.807) is 6.26 Å². The Morgan fingerprint density at radius 3 is 2.24 bits per heavy atom. The molecule has 1 rings (SSSR count). The third-order valence-corrected chi connectivity index (χ3v) is 5.71. The third kappa shape index (κ3) is 9.26. The molecule has 1 aliphatic heterocycles. The van der Waals surface area contributed by atoms with Gasteiger partial charge in [-0.3, -0.25) is 24.0 Å². The Morgan fingerprint density at radius 1 is 1.03 bits per heavy atom. The van der Waals surface area contributed by atoms with Crippen molar-refractivity contribution in [1.29, 1.82) is 0 Å². The number of nitrogens with zero attached hydrogens (tertiary/aromatic N) is 1. The number of nitrogens with two attached hydrogens (primary N) is 1. The van der Waals surface area contributed by atoms with E-state index in [-0.39, 0.29) is 32.2 Å². The van der Waals surface area contributed by atoms with Gasteiger partial charge in [0, 0.05) is 13.0 Å². The largest absolute Gasteiger partial charge is 0.481 e. The number of rotatable bonds is 14. The van der Waals surface area contributed by atoms with E-state index in [4.69, 9.17) is 15.9 Å². The molecule has 1 saturated heterocycles.